The average molecular weight is 398 g/mol. The summed E-state index contributed by atoms with van der Waals surface area (Å²) in [6.45, 7) is -0.383. The minimum absolute atomic E-state index is 0.158. The number of aliphatic hydroxyl groups excluding tert-OH is 4. The lowest BCUT2D eigenvalue weighted by Crippen LogP contribution is -2.64. The molecular formula is C16H30O11. The van der Waals surface area contributed by atoms with Crippen LogP contribution in [0, 0.1) is 0 Å². The van der Waals surface area contributed by atoms with E-state index in [4.69, 9.17) is 33.2 Å². The normalized spacial score (nSPS) is 45.8. The van der Waals surface area contributed by atoms with Crippen LogP contribution in [0.15, 0.2) is 0 Å². The van der Waals surface area contributed by atoms with E-state index < -0.39 is 68.0 Å². The maximum absolute atomic E-state index is 10.6. The maximum atomic E-state index is 10.6. The lowest BCUT2D eigenvalue weighted by molar-refractivity contribution is -0.380. The molecule has 160 valence electrons. The number of hydrogen-bond acceptors (Lipinski definition) is 11. The molecule has 10 atom stereocenters. The number of methoxy groups -OCH3 is 4. The second-order valence-corrected chi connectivity index (χ2v) is 6.43. The summed E-state index contributed by atoms with van der Waals surface area (Å²) in [5, 5.41) is 40.1. The van der Waals surface area contributed by atoms with Crippen LogP contribution in [0.2, 0.25) is 0 Å². The van der Waals surface area contributed by atoms with Crippen molar-refractivity contribution in [1.82, 2.24) is 0 Å². The van der Waals surface area contributed by atoms with Gasteiger partial charge in [-0.3, -0.25) is 0 Å². The van der Waals surface area contributed by atoms with E-state index in [1.165, 1.54) is 28.4 Å². The van der Waals surface area contributed by atoms with E-state index in [0.717, 1.165) is 0 Å². The van der Waals surface area contributed by atoms with E-state index in [-0.39, 0.29) is 6.61 Å². The Morgan fingerprint density at radius 2 is 1.30 bits per heavy atom. The molecule has 0 aliphatic carbocycles. The molecule has 2 aliphatic heterocycles. The third-order valence-corrected chi connectivity index (χ3v) is 4.85. The fraction of sp³-hybridized carbons (Fsp3) is 1.00. The van der Waals surface area contributed by atoms with Crippen LogP contribution in [0.3, 0.4) is 0 Å². The van der Waals surface area contributed by atoms with Crippen molar-refractivity contribution >= 4 is 0 Å². The molecule has 2 fully saturated rings. The van der Waals surface area contributed by atoms with E-state index in [2.05, 4.69) is 0 Å². The van der Waals surface area contributed by atoms with Crippen LogP contribution < -0.4 is 0 Å². The quantitative estimate of drug-likeness (QED) is 0.337. The molecule has 0 aromatic rings. The van der Waals surface area contributed by atoms with Gasteiger partial charge in [0.2, 0.25) is 0 Å². The number of hydrogen-bond donors (Lipinski definition) is 4. The Kier molecular flexibility index (Phi) is 8.77. The summed E-state index contributed by atoms with van der Waals surface area (Å²) in [7, 11) is 5.69. The summed E-state index contributed by atoms with van der Waals surface area (Å²) < 4.78 is 38.0. The van der Waals surface area contributed by atoms with Crippen LogP contribution in [0.5, 0.6) is 0 Å². The van der Waals surface area contributed by atoms with E-state index in [1.807, 2.05) is 0 Å². The monoisotopic (exact) mass is 398 g/mol. The first kappa shape index (κ1) is 22.8. The van der Waals surface area contributed by atoms with Gasteiger partial charge in [-0.2, -0.15) is 0 Å². The molecule has 0 aromatic carbocycles. The van der Waals surface area contributed by atoms with Crippen LogP contribution in [0.4, 0.5) is 0 Å². The highest BCUT2D eigenvalue weighted by atomic mass is 16.8. The third kappa shape index (κ3) is 4.77. The van der Waals surface area contributed by atoms with Crippen LogP contribution >= 0.6 is 0 Å². The van der Waals surface area contributed by atoms with Crippen molar-refractivity contribution in [3.8, 4) is 0 Å². The molecule has 2 heterocycles. The molecule has 0 radical (unpaired) electrons. The lowest BCUT2D eigenvalue weighted by Gasteiger charge is -2.46. The van der Waals surface area contributed by atoms with E-state index >= 15 is 0 Å². The second kappa shape index (κ2) is 10.4. The topological polar surface area (TPSA) is 146 Å². The van der Waals surface area contributed by atoms with Crippen molar-refractivity contribution in [2.45, 2.75) is 61.4 Å². The van der Waals surface area contributed by atoms with Gasteiger partial charge in [0.05, 0.1) is 13.2 Å². The SMILES string of the molecule is COC[C@H]1O[C@H](O[C@H]2O[C@H](CO)[C@@H](O)[C@H](O)[C@H]2OC)[C@@H](O)[C@@H](OC)[C@@H]1OC. The Labute approximate surface area is 157 Å². The van der Waals surface area contributed by atoms with Gasteiger partial charge in [0.25, 0.3) is 0 Å². The molecule has 2 aliphatic rings. The molecule has 0 amide bonds. The van der Waals surface area contributed by atoms with Gasteiger partial charge < -0.3 is 53.6 Å². The van der Waals surface area contributed by atoms with Gasteiger partial charge in [0.1, 0.15) is 48.8 Å². The van der Waals surface area contributed by atoms with Gasteiger partial charge in [0, 0.05) is 28.4 Å². The predicted octanol–water partition coefficient (Wildman–Crippen LogP) is -2.78. The molecule has 0 aromatic heterocycles. The molecule has 11 heteroatoms. The fourth-order valence-electron chi connectivity index (χ4n) is 3.41. The molecule has 0 bridgehead atoms. The molecule has 0 unspecified atom stereocenters. The van der Waals surface area contributed by atoms with Crippen molar-refractivity contribution in [3.63, 3.8) is 0 Å². The Balaban J connectivity index is 2.17. The van der Waals surface area contributed by atoms with E-state index in [9.17, 15) is 20.4 Å². The molecule has 0 spiro atoms. The van der Waals surface area contributed by atoms with Crippen molar-refractivity contribution in [2.24, 2.45) is 0 Å². The Morgan fingerprint density at radius 1 is 0.704 bits per heavy atom. The summed E-state index contributed by atoms with van der Waals surface area (Å²) in [5.74, 6) is 0. The smallest absolute Gasteiger partial charge is 0.190 e. The highest BCUT2D eigenvalue weighted by Gasteiger charge is 2.51. The first-order valence-electron chi connectivity index (χ1n) is 8.62. The van der Waals surface area contributed by atoms with Crippen LogP contribution in [0.25, 0.3) is 0 Å². The third-order valence-electron chi connectivity index (χ3n) is 4.85. The van der Waals surface area contributed by atoms with Crippen LogP contribution in [-0.2, 0) is 33.2 Å². The molecule has 27 heavy (non-hydrogen) atoms. The van der Waals surface area contributed by atoms with Gasteiger partial charge in [-0.05, 0) is 0 Å². The van der Waals surface area contributed by atoms with Gasteiger partial charge in [-0.15, -0.1) is 0 Å². The number of rotatable bonds is 8. The molecule has 2 saturated heterocycles. The first-order valence-corrected chi connectivity index (χ1v) is 8.62. The summed E-state index contributed by atoms with van der Waals surface area (Å²) in [5.41, 5.74) is 0. The molecule has 4 N–H and O–H groups in total. The van der Waals surface area contributed by atoms with Crippen LogP contribution in [0.1, 0.15) is 0 Å². The predicted molar refractivity (Wildman–Crippen MR) is 87.8 cm³/mol. The highest BCUT2D eigenvalue weighted by molar-refractivity contribution is 4.94. The molecule has 0 saturated carbocycles. The highest BCUT2D eigenvalue weighted by Crippen LogP contribution is 2.30. The number of ether oxygens (including phenoxy) is 7. The number of aliphatic hydroxyl groups is 4. The Morgan fingerprint density at radius 3 is 1.81 bits per heavy atom. The first-order chi connectivity index (χ1) is 12.9. The summed E-state index contributed by atoms with van der Waals surface area (Å²) in [6, 6.07) is 0. The molecular weight excluding hydrogens is 368 g/mol. The van der Waals surface area contributed by atoms with Gasteiger partial charge >= 0.3 is 0 Å². The van der Waals surface area contributed by atoms with Crippen molar-refractivity contribution < 1.29 is 53.6 Å². The van der Waals surface area contributed by atoms with Crippen molar-refractivity contribution in [2.75, 3.05) is 41.7 Å². The minimum Gasteiger partial charge on any atom is -0.394 e. The minimum atomic E-state index is -1.37. The van der Waals surface area contributed by atoms with Crippen LogP contribution in [-0.4, -0.2) is 123 Å². The summed E-state index contributed by atoms with van der Waals surface area (Å²) in [6.07, 6.45) is -10.5. The van der Waals surface area contributed by atoms with Gasteiger partial charge in [0.15, 0.2) is 12.6 Å². The largest absolute Gasteiger partial charge is 0.394 e. The maximum Gasteiger partial charge on any atom is 0.190 e. The zero-order valence-corrected chi connectivity index (χ0v) is 15.8. The van der Waals surface area contributed by atoms with Gasteiger partial charge in [-0.25, -0.2) is 0 Å². The average Bonchev–Trinajstić information content (AvgIpc) is 2.66. The summed E-state index contributed by atoms with van der Waals surface area (Å²) >= 11 is 0. The summed E-state index contributed by atoms with van der Waals surface area (Å²) in [4.78, 5) is 0. The zero-order valence-electron chi connectivity index (χ0n) is 15.8. The van der Waals surface area contributed by atoms with Gasteiger partial charge in [-0.1, -0.05) is 0 Å². The molecule has 2 rings (SSSR count). The fourth-order valence-corrected chi connectivity index (χ4v) is 3.41. The standard InChI is InChI=1S/C16H30O11/c1-21-6-8-12(22-2)13(23-3)11(20)15(26-8)27-16-14(24-4)10(19)9(18)7(5-17)25-16/h7-20H,5-6H2,1-4H3/t7-,8-,9-,10+,11+,12-,13-,14-,15-,16-/m1/s1. The zero-order chi connectivity index (χ0) is 20.1. The lowest BCUT2D eigenvalue weighted by atomic mass is 9.97. The van der Waals surface area contributed by atoms with Crippen molar-refractivity contribution in [3.05, 3.63) is 0 Å². The second-order valence-electron chi connectivity index (χ2n) is 6.43. The van der Waals surface area contributed by atoms with E-state index in [1.54, 1.807) is 0 Å². The van der Waals surface area contributed by atoms with Crippen molar-refractivity contribution in [1.29, 1.82) is 0 Å². The molecule has 11 nitrogen and oxygen atoms in total. The Bertz CT molecular complexity index is 439. The van der Waals surface area contributed by atoms with E-state index in [0.29, 0.717) is 0 Å². The Hall–Kier alpha value is -0.440.